The molecule has 27 heavy (non-hydrogen) atoms. The van der Waals surface area contributed by atoms with Gasteiger partial charge in [-0.2, -0.15) is 0 Å². The highest BCUT2D eigenvalue weighted by Crippen LogP contribution is 2.30. The summed E-state index contributed by atoms with van der Waals surface area (Å²) in [5, 5.41) is 0.600. The number of ether oxygens (including phenoxy) is 1. The molecule has 4 rings (SSSR count). The van der Waals surface area contributed by atoms with Gasteiger partial charge in [-0.1, -0.05) is 12.1 Å². The predicted octanol–water partition coefficient (Wildman–Crippen LogP) is 4.18. The van der Waals surface area contributed by atoms with Gasteiger partial charge in [-0.25, -0.2) is 19.7 Å². The summed E-state index contributed by atoms with van der Waals surface area (Å²) in [6.07, 6.45) is 2.95. The lowest BCUT2D eigenvalue weighted by atomic mass is 10.1. The zero-order valence-electron chi connectivity index (χ0n) is 14.2. The number of rotatable bonds is 4. The molecule has 0 atom stereocenters. The van der Waals surface area contributed by atoms with Crippen LogP contribution >= 0.6 is 11.3 Å². The molecule has 0 aliphatic heterocycles. The molecule has 0 amide bonds. The van der Waals surface area contributed by atoms with Crippen molar-refractivity contribution in [1.29, 1.82) is 0 Å². The molecule has 4 aromatic rings. The molecule has 0 saturated carbocycles. The van der Waals surface area contributed by atoms with Crippen molar-refractivity contribution in [2.75, 3.05) is 0 Å². The summed E-state index contributed by atoms with van der Waals surface area (Å²) < 4.78 is 6.39. The van der Waals surface area contributed by atoms with Crippen LogP contribution in [0.25, 0.3) is 20.9 Å². The lowest BCUT2D eigenvalue weighted by Gasteiger charge is -2.06. The van der Waals surface area contributed by atoms with Gasteiger partial charge < -0.3 is 4.74 Å². The average Bonchev–Trinajstić information content (AvgIpc) is 3.12. The zero-order valence-corrected chi connectivity index (χ0v) is 15.1. The third kappa shape index (κ3) is 3.45. The van der Waals surface area contributed by atoms with Gasteiger partial charge in [0.15, 0.2) is 11.5 Å². The maximum Gasteiger partial charge on any atom is 0.364 e. The van der Waals surface area contributed by atoms with Crippen molar-refractivity contribution in [3.05, 3.63) is 72.2 Å². The van der Waals surface area contributed by atoms with Crippen LogP contribution in [0.5, 0.6) is 5.75 Å². The number of esters is 1. The van der Waals surface area contributed by atoms with Crippen molar-refractivity contribution in [3.8, 4) is 16.5 Å². The van der Waals surface area contributed by atoms with Gasteiger partial charge in [0.1, 0.15) is 16.5 Å². The molecule has 0 N–H and O–H groups in total. The molecule has 0 saturated heterocycles. The third-order valence-electron chi connectivity index (χ3n) is 3.86. The monoisotopic (exact) mass is 375 g/mol. The first-order valence-corrected chi connectivity index (χ1v) is 8.93. The molecule has 0 unspecified atom stereocenters. The van der Waals surface area contributed by atoms with Crippen molar-refractivity contribution in [2.45, 2.75) is 6.92 Å². The summed E-state index contributed by atoms with van der Waals surface area (Å²) in [6, 6.07) is 14.1. The van der Waals surface area contributed by atoms with E-state index in [0.29, 0.717) is 22.0 Å². The van der Waals surface area contributed by atoms with Crippen LogP contribution in [-0.4, -0.2) is 26.7 Å². The topological polar surface area (TPSA) is 82.0 Å². The molecule has 2 aromatic carbocycles. The van der Waals surface area contributed by atoms with Crippen LogP contribution in [0.15, 0.2) is 60.9 Å². The molecular weight excluding hydrogens is 362 g/mol. The van der Waals surface area contributed by atoms with Crippen LogP contribution in [0.4, 0.5) is 0 Å². The van der Waals surface area contributed by atoms with E-state index >= 15 is 0 Å². The third-order valence-corrected chi connectivity index (χ3v) is 4.90. The Bertz CT molecular complexity index is 1120. The minimum atomic E-state index is -0.632. The number of para-hydroxylation sites is 1. The molecule has 0 aliphatic rings. The SMILES string of the molecule is CC(=O)c1ccc(OC(=O)c2nccnc2-c2nc3ccccc3s2)cc1. The van der Waals surface area contributed by atoms with Crippen LogP contribution < -0.4 is 4.74 Å². The first kappa shape index (κ1) is 17.0. The van der Waals surface area contributed by atoms with Crippen LogP contribution in [0.2, 0.25) is 0 Å². The minimum Gasteiger partial charge on any atom is -0.422 e. The summed E-state index contributed by atoms with van der Waals surface area (Å²) in [5.74, 6) is -0.362. The summed E-state index contributed by atoms with van der Waals surface area (Å²) in [5.41, 5.74) is 1.85. The first-order chi connectivity index (χ1) is 13.1. The Kier molecular flexibility index (Phi) is 4.43. The van der Waals surface area contributed by atoms with Crippen LogP contribution in [0, 0.1) is 0 Å². The highest BCUT2D eigenvalue weighted by Gasteiger charge is 2.20. The van der Waals surface area contributed by atoms with Crippen LogP contribution in [-0.2, 0) is 0 Å². The van der Waals surface area contributed by atoms with E-state index < -0.39 is 5.97 Å². The molecule has 0 aliphatic carbocycles. The standard InChI is InChI=1S/C20H13N3O3S/c1-12(24)13-6-8-14(9-7-13)26-20(25)18-17(21-10-11-22-18)19-23-15-4-2-3-5-16(15)27-19/h2-11H,1H3. The lowest BCUT2D eigenvalue weighted by molar-refractivity contribution is 0.0729. The number of carbonyl (C=O) groups is 2. The van der Waals surface area contributed by atoms with Gasteiger partial charge in [0.25, 0.3) is 0 Å². The Morgan fingerprint density at radius 1 is 0.963 bits per heavy atom. The molecule has 7 heteroatoms. The van der Waals surface area contributed by atoms with E-state index in [1.165, 1.54) is 30.7 Å². The molecule has 0 radical (unpaired) electrons. The Balaban J connectivity index is 1.65. The van der Waals surface area contributed by atoms with Gasteiger partial charge in [-0.15, -0.1) is 11.3 Å². The lowest BCUT2D eigenvalue weighted by Crippen LogP contribution is -2.13. The van der Waals surface area contributed by atoms with E-state index in [0.717, 1.165) is 10.2 Å². The number of Topliss-reactive ketones (excluding diaryl/α,β-unsaturated/α-hetero) is 1. The van der Waals surface area contributed by atoms with Crippen molar-refractivity contribution < 1.29 is 14.3 Å². The van der Waals surface area contributed by atoms with Crippen molar-refractivity contribution >= 4 is 33.3 Å². The summed E-state index contributed by atoms with van der Waals surface area (Å²) in [7, 11) is 0. The smallest absolute Gasteiger partial charge is 0.364 e. The first-order valence-electron chi connectivity index (χ1n) is 8.12. The van der Waals surface area contributed by atoms with Crippen molar-refractivity contribution in [2.24, 2.45) is 0 Å². The Labute approximate surface area is 158 Å². The fourth-order valence-corrected chi connectivity index (χ4v) is 3.49. The van der Waals surface area contributed by atoms with Gasteiger partial charge >= 0.3 is 5.97 Å². The normalized spacial score (nSPS) is 10.7. The number of hydrogen-bond acceptors (Lipinski definition) is 7. The van der Waals surface area contributed by atoms with E-state index in [-0.39, 0.29) is 11.5 Å². The number of benzene rings is 2. The molecule has 0 fully saturated rings. The average molecular weight is 375 g/mol. The van der Waals surface area contributed by atoms with Gasteiger partial charge in [0, 0.05) is 18.0 Å². The second-order valence-electron chi connectivity index (χ2n) is 5.71. The molecule has 2 heterocycles. The van der Waals surface area contributed by atoms with Crippen LogP contribution in [0.3, 0.4) is 0 Å². The molecule has 132 valence electrons. The van der Waals surface area contributed by atoms with Crippen molar-refractivity contribution in [3.63, 3.8) is 0 Å². The van der Waals surface area contributed by atoms with Gasteiger partial charge in [0.2, 0.25) is 0 Å². The van der Waals surface area contributed by atoms with Gasteiger partial charge in [-0.05, 0) is 43.3 Å². The molecule has 2 aromatic heterocycles. The van der Waals surface area contributed by atoms with E-state index in [4.69, 9.17) is 4.74 Å². The Morgan fingerprint density at radius 2 is 1.70 bits per heavy atom. The largest absolute Gasteiger partial charge is 0.422 e. The Hall–Kier alpha value is -3.45. The fourth-order valence-electron chi connectivity index (χ4n) is 2.53. The van der Waals surface area contributed by atoms with Crippen LogP contribution in [0.1, 0.15) is 27.8 Å². The second-order valence-corrected chi connectivity index (χ2v) is 6.74. The fraction of sp³-hybridized carbons (Fsp3) is 0.0500. The molecule has 0 bridgehead atoms. The Morgan fingerprint density at radius 3 is 2.44 bits per heavy atom. The summed E-state index contributed by atoms with van der Waals surface area (Å²) in [4.78, 5) is 36.9. The van der Waals surface area contributed by atoms with E-state index in [9.17, 15) is 9.59 Å². The second kappa shape index (κ2) is 7.05. The van der Waals surface area contributed by atoms with E-state index in [2.05, 4.69) is 15.0 Å². The predicted molar refractivity (Wildman–Crippen MR) is 102 cm³/mol. The molecular formula is C20H13N3O3S. The quantitative estimate of drug-likeness (QED) is 0.302. The highest BCUT2D eigenvalue weighted by atomic mass is 32.1. The molecule has 0 spiro atoms. The maximum absolute atomic E-state index is 12.6. The van der Waals surface area contributed by atoms with Gasteiger partial charge in [-0.3, -0.25) is 4.79 Å². The molecule has 6 nitrogen and oxygen atoms in total. The summed E-state index contributed by atoms with van der Waals surface area (Å²) in [6.45, 7) is 1.48. The number of carbonyl (C=O) groups excluding carboxylic acids is 2. The van der Waals surface area contributed by atoms with E-state index in [1.807, 2.05) is 24.3 Å². The van der Waals surface area contributed by atoms with Crippen molar-refractivity contribution in [1.82, 2.24) is 15.0 Å². The van der Waals surface area contributed by atoms with E-state index in [1.54, 1.807) is 24.3 Å². The number of hydrogen-bond donors (Lipinski definition) is 0. The number of fused-ring (bicyclic) bond motifs is 1. The zero-order chi connectivity index (χ0) is 18.8. The highest BCUT2D eigenvalue weighted by molar-refractivity contribution is 7.21. The number of aromatic nitrogens is 3. The summed E-state index contributed by atoms with van der Waals surface area (Å²) >= 11 is 1.43. The minimum absolute atomic E-state index is 0.0556. The maximum atomic E-state index is 12.6. The number of ketones is 1. The number of thiazole rings is 1. The van der Waals surface area contributed by atoms with Gasteiger partial charge in [0.05, 0.1) is 10.2 Å². The number of nitrogens with zero attached hydrogens (tertiary/aromatic N) is 3.